The second kappa shape index (κ2) is 6.88. The van der Waals surface area contributed by atoms with Crippen molar-refractivity contribution < 1.29 is 0 Å². The first-order chi connectivity index (χ1) is 9.75. The van der Waals surface area contributed by atoms with E-state index in [1.807, 2.05) is 37.4 Å². The summed E-state index contributed by atoms with van der Waals surface area (Å²) < 4.78 is 0. The quantitative estimate of drug-likeness (QED) is 0.895. The van der Waals surface area contributed by atoms with Gasteiger partial charge < -0.3 is 0 Å². The first kappa shape index (κ1) is 15.0. The van der Waals surface area contributed by atoms with E-state index in [4.69, 9.17) is 0 Å². The highest BCUT2D eigenvalue weighted by molar-refractivity contribution is 5.32. The molecule has 0 spiro atoms. The number of rotatable bonds is 5. The molecule has 0 radical (unpaired) electrons. The van der Waals surface area contributed by atoms with Gasteiger partial charge in [0.1, 0.15) is 5.54 Å². The van der Waals surface area contributed by atoms with Crippen molar-refractivity contribution in [3.8, 4) is 6.07 Å². The van der Waals surface area contributed by atoms with Gasteiger partial charge in [-0.2, -0.15) is 5.26 Å². The maximum Gasteiger partial charge on any atom is 0.144 e. The largest absolute Gasteiger partial charge is 0.298 e. The van der Waals surface area contributed by atoms with Crippen LogP contribution in [0.2, 0.25) is 0 Å². The number of piperidine rings is 1. The van der Waals surface area contributed by atoms with Crippen molar-refractivity contribution in [3.05, 3.63) is 35.9 Å². The SMILES string of the molecule is CCC1CCCCN1CC(C#N)(NC)c1ccccc1. The lowest BCUT2D eigenvalue weighted by molar-refractivity contribution is 0.115. The Labute approximate surface area is 122 Å². The third-order valence-corrected chi connectivity index (χ3v) is 4.54. The number of hydrogen-bond acceptors (Lipinski definition) is 3. The summed E-state index contributed by atoms with van der Waals surface area (Å²) in [6.07, 6.45) is 4.99. The van der Waals surface area contributed by atoms with Crippen molar-refractivity contribution in [2.45, 2.75) is 44.2 Å². The molecule has 0 aromatic heterocycles. The van der Waals surface area contributed by atoms with Crippen LogP contribution >= 0.6 is 0 Å². The molecule has 1 aromatic carbocycles. The summed E-state index contributed by atoms with van der Waals surface area (Å²) in [5, 5.41) is 13.1. The fraction of sp³-hybridized carbons (Fsp3) is 0.588. The third-order valence-electron chi connectivity index (χ3n) is 4.54. The van der Waals surface area contributed by atoms with E-state index in [1.54, 1.807) is 0 Å². The Morgan fingerprint density at radius 3 is 2.70 bits per heavy atom. The van der Waals surface area contributed by atoms with Crippen molar-refractivity contribution in [1.29, 1.82) is 5.26 Å². The summed E-state index contributed by atoms with van der Waals surface area (Å²) in [5.74, 6) is 0. The van der Waals surface area contributed by atoms with E-state index in [2.05, 4.69) is 23.2 Å². The number of nitrogens with one attached hydrogen (secondary N) is 1. The molecular weight excluding hydrogens is 246 g/mol. The Morgan fingerprint density at radius 1 is 1.35 bits per heavy atom. The van der Waals surface area contributed by atoms with E-state index in [-0.39, 0.29) is 0 Å². The average Bonchev–Trinajstić information content (AvgIpc) is 2.54. The van der Waals surface area contributed by atoms with E-state index in [1.165, 1.54) is 25.7 Å². The molecule has 108 valence electrons. The van der Waals surface area contributed by atoms with Gasteiger partial charge in [0.25, 0.3) is 0 Å². The first-order valence-electron chi connectivity index (χ1n) is 7.65. The van der Waals surface area contributed by atoms with Crippen LogP contribution in [-0.4, -0.2) is 31.1 Å². The van der Waals surface area contributed by atoms with Crippen LogP contribution in [0.1, 0.15) is 38.2 Å². The molecule has 2 unspecified atom stereocenters. The zero-order valence-corrected chi connectivity index (χ0v) is 12.6. The monoisotopic (exact) mass is 271 g/mol. The van der Waals surface area contributed by atoms with Crippen LogP contribution in [0.5, 0.6) is 0 Å². The molecule has 1 saturated heterocycles. The number of nitrogens with zero attached hydrogens (tertiary/aromatic N) is 2. The van der Waals surface area contributed by atoms with Gasteiger partial charge in [-0.25, -0.2) is 0 Å². The van der Waals surface area contributed by atoms with Gasteiger partial charge in [-0.15, -0.1) is 0 Å². The number of benzene rings is 1. The summed E-state index contributed by atoms with van der Waals surface area (Å²) in [7, 11) is 1.89. The molecule has 2 atom stereocenters. The topological polar surface area (TPSA) is 39.1 Å². The smallest absolute Gasteiger partial charge is 0.144 e. The Morgan fingerprint density at radius 2 is 2.10 bits per heavy atom. The maximum absolute atomic E-state index is 9.78. The lowest BCUT2D eigenvalue weighted by Gasteiger charge is -2.40. The van der Waals surface area contributed by atoms with Crippen LogP contribution < -0.4 is 5.32 Å². The Balaban J connectivity index is 2.23. The first-order valence-corrected chi connectivity index (χ1v) is 7.65. The van der Waals surface area contributed by atoms with E-state index < -0.39 is 5.54 Å². The number of hydrogen-bond donors (Lipinski definition) is 1. The van der Waals surface area contributed by atoms with Crippen LogP contribution in [0.4, 0.5) is 0 Å². The number of likely N-dealkylation sites (tertiary alicyclic amines) is 1. The fourth-order valence-electron chi connectivity index (χ4n) is 3.23. The van der Waals surface area contributed by atoms with Crippen LogP contribution in [0.15, 0.2) is 30.3 Å². The molecule has 1 aliphatic heterocycles. The summed E-state index contributed by atoms with van der Waals surface area (Å²) >= 11 is 0. The molecule has 1 aromatic rings. The van der Waals surface area contributed by atoms with Crippen molar-refractivity contribution in [1.82, 2.24) is 10.2 Å². The van der Waals surface area contributed by atoms with Gasteiger partial charge in [0.15, 0.2) is 0 Å². The predicted molar refractivity (Wildman–Crippen MR) is 82.3 cm³/mol. The van der Waals surface area contributed by atoms with E-state index >= 15 is 0 Å². The summed E-state index contributed by atoms with van der Waals surface area (Å²) in [4.78, 5) is 2.50. The molecule has 3 nitrogen and oxygen atoms in total. The van der Waals surface area contributed by atoms with Crippen LogP contribution in [0.25, 0.3) is 0 Å². The Hall–Kier alpha value is -1.37. The molecule has 1 heterocycles. The predicted octanol–water partition coefficient (Wildman–Crippen LogP) is 2.89. The molecule has 1 fully saturated rings. The minimum absolute atomic E-state index is 0.605. The Bertz CT molecular complexity index is 451. The highest BCUT2D eigenvalue weighted by atomic mass is 15.2. The summed E-state index contributed by atoms with van der Waals surface area (Å²) in [6.45, 7) is 4.12. The van der Waals surface area contributed by atoms with Crippen molar-refractivity contribution in [2.24, 2.45) is 0 Å². The minimum Gasteiger partial charge on any atom is -0.298 e. The molecule has 1 N–H and O–H groups in total. The molecule has 2 rings (SSSR count). The number of likely N-dealkylation sites (N-methyl/N-ethyl adjacent to an activating group) is 1. The van der Waals surface area contributed by atoms with Crippen molar-refractivity contribution >= 4 is 0 Å². The molecule has 1 aliphatic rings. The van der Waals surface area contributed by atoms with Gasteiger partial charge in [-0.05, 0) is 38.4 Å². The van der Waals surface area contributed by atoms with Gasteiger partial charge in [0, 0.05) is 12.6 Å². The van der Waals surface area contributed by atoms with Gasteiger partial charge in [-0.3, -0.25) is 10.2 Å². The second-order valence-corrected chi connectivity index (χ2v) is 5.66. The van der Waals surface area contributed by atoms with Crippen LogP contribution in [0.3, 0.4) is 0 Å². The van der Waals surface area contributed by atoms with E-state index in [0.29, 0.717) is 6.04 Å². The van der Waals surface area contributed by atoms with Crippen molar-refractivity contribution in [3.63, 3.8) is 0 Å². The molecule has 0 amide bonds. The molecule has 0 bridgehead atoms. The highest BCUT2D eigenvalue weighted by Gasteiger charge is 2.35. The van der Waals surface area contributed by atoms with E-state index in [9.17, 15) is 5.26 Å². The second-order valence-electron chi connectivity index (χ2n) is 5.66. The van der Waals surface area contributed by atoms with Crippen LogP contribution in [-0.2, 0) is 5.54 Å². The highest BCUT2D eigenvalue weighted by Crippen LogP contribution is 2.26. The lowest BCUT2D eigenvalue weighted by Crippen LogP contribution is -2.52. The standard InChI is InChI=1S/C17H25N3/c1-3-16-11-7-8-12-20(16)14-17(13-18,19-2)15-9-5-4-6-10-15/h4-6,9-10,16,19H,3,7-8,11-12,14H2,1-2H3. The minimum atomic E-state index is -0.605. The van der Waals surface area contributed by atoms with Gasteiger partial charge in [-0.1, -0.05) is 43.7 Å². The third kappa shape index (κ3) is 3.03. The van der Waals surface area contributed by atoms with E-state index in [0.717, 1.165) is 18.7 Å². The molecule has 3 heteroatoms. The van der Waals surface area contributed by atoms with Crippen molar-refractivity contribution in [2.75, 3.05) is 20.1 Å². The summed E-state index contributed by atoms with van der Waals surface area (Å²) in [5.41, 5.74) is 0.455. The maximum atomic E-state index is 9.78. The zero-order chi connectivity index (χ0) is 14.4. The fourth-order valence-corrected chi connectivity index (χ4v) is 3.23. The average molecular weight is 271 g/mol. The molecule has 0 aliphatic carbocycles. The number of nitriles is 1. The zero-order valence-electron chi connectivity index (χ0n) is 12.6. The molecule has 0 saturated carbocycles. The summed E-state index contributed by atoms with van der Waals surface area (Å²) in [6, 6.07) is 13.2. The van der Waals surface area contributed by atoms with Gasteiger partial charge in [0.05, 0.1) is 6.07 Å². The molecule has 20 heavy (non-hydrogen) atoms. The molecular formula is C17H25N3. The lowest BCUT2D eigenvalue weighted by atomic mass is 9.88. The van der Waals surface area contributed by atoms with Crippen LogP contribution in [0, 0.1) is 11.3 Å². The van der Waals surface area contributed by atoms with Gasteiger partial charge >= 0.3 is 0 Å². The Kier molecular flexibility index (Phi) is 5.17. The normalized spacial score (nSPS) is 22.9. The van der Waals surface area contributed by atoms with Gasteiger partial charge in [0.2, 0.25) is 0 Å².